The van der Waals surface area contributed by atoms with Crippen LogP contribution in [0.5, 0.6) is 17.2 Å². The van der Waals surface area contributed by atoms with Crippen LogP contribution in [0.25, 0.3) is 0 Å². The van der Waals surface area contributed by atoms with Gasteiger partial charge < -0.3 is 132 Å². The fourth-order valence-corrected chi connectivity index (χ4v) is 13.8. The van der Waals surface area contributed by atoms with Gasteiger partial charge in [0.15, 0.2) is 11.5 Å². The molecule has 15 atom stereocenters. The summed E-state index contributed by atoms with van der Waals surface area (Å²) in [6.07, 6.45) is -3.88. The van der Waals surface area contributed by atoms with Gasteiger partial charge in [0.05, 0.1) is 68.3 Å². The van der Waals surface area contributed by atoms with E-state index < -0.39 is 199 Å². The highest BCUT2D eigenvalue weighted by Crippen LogP contribution is 2.42. The Morgan fingerprint density at radius 3 is 1.50 bits per heavy atom. The van der Waals surface area contributed by atoms with Crippen LogP contribution in [-0.4, -0.2) is 279 Å². The normalized spacial score (nSPS) is 15.2. The zero-order chi connectivity index (χ0) is 88.4. The SMILES string of the molecule is CNC(=O)CCCOc1cc([N+](=O)[O-])c(C(CSSC(C)(C)C)NCC(=O)NCCCC[C@H](NC(=O)[C@@H](NC(=O)[C@@H](NC(=O)[C@H](CS)NC(=O)[C@H](CCCCN)NC(=O)[C@@H](N)[C@@H](C)O)C(C)C)[C@@H](C)O)C(=O)N[C@@H](Cc2ccc(O)cc2)C(=O)N[C@H](C(=O)N[C@@H](CO)C(=O)N[C@@H](CO)C(=O)N[C@@H](CCCCN)C(=O)O)[C@@H](C)O)cc1OC. The Labute approximate surface area is 692 Å². The molecule has 117 heavy (non-hydrogen) atoms. The van der Waals surface area contributed by atoms with Crippen LogP contribution in [-0.2, 0) is 68.7 Å². The summed E-state index contributed by atoms with van der Waals surface area (Å²) >= 11 is 4.25. The van der Waals surface area contributed by atoms with Gasteiger partial charge in [-0.05, 0) is 128 Å². The molecule has 2 aromatic rings. The number of nitro benzene ring substituents is 1. The Balaban J connectivity index is 2.68. The minimum Gasteiger partial charge on any atom is -0.508 e. The third-order valence-corrected chi connectivity index (χ3v) is 21.4. The first-order valence-electron chi connectivity index (χ1n) is 38.2. The molecule has 0 heterocycles. The van der Waals surface area contributed by atoms with E-state index in [1.165, 1.54) is 92.9 Å². The number of unbranched alkanes of at least 4 members (excludes halogenated alkanes) is 3. The van der Waals surface area contributed by atoms with E-state index in [2.05, 4.69) is 81.7 Å². The topological polar surface area (TPSA) is 660 Å². The number of thiol groups is 1. The lowest BCUT2D eigenvalue weighted by atomic mass is 10.0. The number of aliphatic hydroxyl groups excluding tert-OH is 5. The average molecular weight is 1720 g/mol. The molecule has 0 aromatic heterocycles. The number of nitrogens with zero attached hydrogens (tertiary/aromatic N) is 1. The highest BCUT2D eigenvalue weighted by Gasteiger charge is 2.39. The van der Waals surface area contributed by atoms with Crippen molar-refractivity contribution in [1.82, 2.24) is 69.1 Å². The Bertz CT molecular complexity index is 3570. The summed E-state index contributed by atoms with van der Waals surface area (Å²) in [6.45, 7) is 10.0. The number of ether oxygens (including phenoxy) is 2. The first kappa shape index (κ1) is 104. The van der Waals surface area contributed by atoms with Gasteiger partial charge in [0, 0.05) is 48.7 Å². The maximum atomic E-state index is 15.0. The first-order valence-corrected chi connectivity index (χ1v) is 41.1. The molecule has 2 aromatic carbocycles. The first-order chi connectivity index (χ1) is 55.1. The number of nitrogens with two attached hydrogens (primary N) is 3. The predicted molar refractivity (Wildman–Crippen MR) is 436 cm³/mol. The molecule has 12 amide bonds. The van der Waals surface area contributed by atoms with Crippen molar-refractivity contribution in [1.29, 1.82) is 0 Å². The number of nitro groups is 1. The van der Waals surface area contributed by atoms with Crippen LogP contribution in [0.3, 0.4) is 0 Å². The molecular weight excluding hydrogens is 1600 g/mol. The Morgan fingerprint density at radius 1 is 0.573 bits per heavy atom. The monoisotopic (exact) mass is 1720 g/mol. The molecule has 0 aliphatic carbocycles. The summed E-state index contributed by atoms with van der Waals surface area (Å²) in [5.41, 5.74) is 17.0. The molecule has 26 N–H and O–H groups in total. The molecule has 0 saturated heterocycles. The van der Waals surface area contributed by atoms with Gasteiger partial charge in [0.25, 0.3) is 5.69 Å². The van der Waals surface area contributed by atoms with E-state index in [1.807, 2.05) is 20.8 Å². The number of carboxylic acids is 1. The van der Waals surface area contributed by atoms with Crippen molar-refractivity contribution in [3.8, 4) is 17.2 Å². The van der Waals surface area contributed by atoms with Gasteiger partial charge in [-0.3, -0.25) is 67.6 Å². The van der Waals surface area contributed by atoms with Crippen LogP contribution in [0.15, 0.2) is 36.4 Å². The number of phenols is 1. The largest absolute Gasteiger partial charge is 0.508 e. The fraction of sp³-hybridized carbons (Fsp3) is 0.658. The van der Waals surface area contributed by atoms with E-state index in [9.17, 15) is 103 Å². The van der Waals surface area contributed by atoms with Gasteiger partial charge in [-0.25, -0.2) is 4.79 Å². The smallest absolute Gasteiger partial charge is 0.326 e. The predicted octanol–water partition coefficient (Wildman–Crippen LogP) is -4.22. The molecule has 0 radical (unpaired) electrons. The summed E-state index contributed by atoms with van der Waals surface area (Å²) in [7, 11) is 5.70. The third kappa shape index (κ3) is 38.1. The number of carboxylic acid groups (broad SMARTS) is 1. The van der Waals surface area contributed by atoms with Crippen molar-refractivity contribution < 1.29 is 112 Å². The minimum atomic E-state index is -2.03. The molecular formula is C73H121N17O24S3. The number of rotatable bonds is 57. The maximum Gasteiger partial charge on any atom is 0.326 e. The minimum absolute atomic E-state index is 0.0214. The number of phenolic OH excluding ortho intramolecular Hbond substituents is 1. The number of methoxy groups -OCH3 is 1. The van der Waals surface area contributed by atoms with Gasteiger partial charge in [0.2, 0.25) is 70.9 Å². The van der Waals surface area contributed by atoms with E-state index in [0.717, 1.165) is 13.8 Å². The summed E-state index contributed by atoms with van der Waals surface area (Å²) < 4.78 is 11.1. The number of aliphatic hydroxyl groups is 5. The lowest BCUT2D eigenvalue weighted by Crippen LogP contribution is -2.63. The molecule has 0 fully saturated rings. The van der Waals surface area contributed by atoms with E-state index in [-0.39, 0.29) is 134 Å². The summed E-state index contributed by atoms with van der Waals surface area (Å²) in [5, 5.41) is 117. The van der Waals surface area contributed by atoms with Gasteiger partial charge in [-0.2, -0.15) is 12.6 Å². The van der Waals surface area contributed by atoms with Crippen LogP contribution in [0.2, 0.25) is 0 Å². The third-order valence-electron chi connectivity index (χ3n) is 17.7. The number of hydrogen-bond donors (Lipinski definition) is 24. The second-order valence-corrected chi connectivity index (χ2v) is 32.4. The van der Waals surface area contributed by atoms with E-state index >= 15 is 4.79 Å². The van der Waals surface area contributed by atoms with Gasteiger partial charge in [-0.1, -0.05) is 68.3 Å². The molecule has 1 unspecified atom stereocenters. The number of amides is 12. The van der Waals surface area contributed by atoms with Crippen LogP contribution < -0.4 is 95.8 Å². The number of aromatic hydroxyl groups is 1. The van der Waals surface area contributed by atoms with Crippen molar-refractivity contribution in [2.45, 2.75) is 228 Å². The lowest BCUT2D eigenvalue weighted by molar-refractivity contribution is -0.385. The highest BCUT2D eigenvalue weighted by molar-refractivity contribution is 8.77. The number of benzene rings is 2. The summed E-state index contributed by atoms with van der Waals surface area (Å²) in [5.74, 6) is -14.4. The number of aliphatic carboxylic acids is 1. The molecule has 0 aliphatic heterocycles. The second kappa shape index (κ2) is 54.2. The zero-order valence-corrected chi connectivity index (χ0v) is 70.1. The van der Waals surface area contributed by atoms with Crippen molar-refractivity contribution in [2.24, 2.45) is 23.1 Å². The fourth-order valence-electron chi connectivity index (χ4n) is 11.0. The van der Waals surface area contributed by atoms with Crippen LogP contribution in [0, 0.1) is 16.0 Å². The number of carbonyl (C=O) groups excluding carboxylic acids is 12. The van der Waals surface area contributed by atoms with Crippen molar-refractivity contribution >= 4 is 117 Å². The Hall–Kier alpha value is -8.96. The quantitative estimate of drug-likeness (QED) is 0.00981. The van der Waals surface area contributed by atoms with Crippen LogP contribution >= 0.6 is 34.2 Å². The molecule has 41 nitrogen and oxygen atoms in total. The van der Waals surface area contributed by atoms with Crippen molar-refractivity contribution in [3.05, 3.63) is 57.6 Å². The second-order valence-electron chi connectivity index (χ2n) is 28.9. The average Bonchev–Trinajstić information content (AvgIpc) is 0.797. The molecule has 0 aliphatic rings. The van der Waals surface area contributed by atoms with Crippen LogP contribution in [0.4, 0.5) is 5.69 Å². The number of carbonyl (C=O) groups is 13. The Kier molecular flexibility index (Phi) is 48.2. The van der Waals surface area contributed by atoms with E-state index in [0.29, 0.717) is 19.3 Å². The highest BCUT2D eigenvalue weighted by atomic mass is 33.1. The summed E-state index contributed by atoms with van der Waals surface area (Å²) in [6, 6.07) is -11.5. The molecule has 0 saturated carbocycles. The van der Waals surface area contributed by atoms with Gasteiger partial charge >= 0.3 is 5.97 Å². The molecule has 0 spiro atoms. The van der Waals surface area contributed by atoms with Gasteiger partial charge in [-0.15, -0.1) is 0 Å². The molecule has 0 bridgehead atoms. The number of nitrogens with one attached hydrogen (secondary N) is 13. The van der Waals surface area contributed by atoms with Crippen molar-refractivity contribution in [3.63, 3.8) is 0 Å². The van der Waals surface area contributed by atoms with E-state index in [1.54, 1.807) is 0 Å². The molecule has 2 rings (SSSR count). The molecule has 44 heteroatoms. The van der Waals surface area contributed by atoms with Crippen molar-refractivity contribution in [2.75, 3.05) is 71.7 Å². The van der Waals surface area contributed by atoms with Crippen LogP contribution in [0.1, 0.15) is 143 Å². The van der Waals surface area contributed by atoms with E-state index in [4.69, 9.17) is 26.7 Å². The van der Waals surface area contributed by atoms with Gasteiger partial charge in [0.1, 0.15) is 72.2 Å². The number of hydrogen-bond acceptors (Lipinski definition) is 30. The standard InChI is InChI=1S/C73H121N17O24S3/c1-38(2)59(87-67(104)51(36-115)86-63(100)45(18-11-14-26-74)80-68(105)58(76)39(3)93)69(106)89-61(41(5)95)70(107)81-46(19-13-16-28-78-57(98)33-79-52(37-116-117-73(6,7)8)44-31-54(113-10)55(32-53(44)90(111)112)114-29-17-21-56(97)77-9)62(99)83-48(30-42-22-24-43(96)25-23-42)64(101)88-60(40(4)94)71(108)85-50(35-92)66(103)84-49(34-91)65(102)82-47(72(109)110)20-12-15-27-75/h22-25,31-32,38-41,45-52,58-61,79,91-96,115H,11-21,26-30,33-37,74-76H2,1-10H3,(H,77,97)(H,78,98)(H,80,105)(H,81,107)(H,82,102)(H,83,99)(H,84,103)(H,85,108)(H,86,100)(H,87,104)(H,88,101)(H,89,106)(H,109,110)/t39-,40-,41-,45+,46+,47+,48+,49+,50+,51+,52?,58+,59+,60+,61+/m1/s1. The Morgan fingerprint density at radius 2 is 1.03 bits per heavy atom. The zero-order valence-electron chi connectivity index (χ0n) is 67.6. The molecule has 660 valence electrons. The summed E-state index contributed by atoms with van der Waals surface area (Å²) in [4.78, 5) is 190. The maximum absolute atomic E-state index is 15.0. The lowest BCUT2D eigenvalue weighted by Gasteiger charge is -2.30.